The molecular weight excluding hydrogens is 327 g/mol. The second-order valence-corrected chi connectivity index (χ2v) is 5.19. The van der Waals surface area contributed by atoms with Crippen LogP contribution in [0, 0.1) is 6.92 Å². The summed E-state index contributed by atoms with van der Waals surface area (Å²) in [5.74, 6) is -0.561. The van der Waals surface area contributed by atoms with Gasteiger partial charge in [0.2, 0.25) is 6.10 Å². The standard InChI is InChI=1S/C14H12F3N5O2/c1-7-20-10-3-8(4-18-12(10)21-7)13(23)24-11(14(15,16)17)9-5-19-22(2)6-9/h3-6,11H,1-2H3,(H,18,20,21). The van der Waals surface area contributed by atoms with Crippen LogP contribution in [0.1, 0.15) is 27.8 Å². The fourth-order valence-corrected chi connectivity index (χ4v) is 2.21. The SMILES string of the molecule is Cc1nc2ncc(C(=O)OC(c3cnn(C)c3)C(F)(F)F)cc2[nH]1. The zero-order valence-electron chi connectivity index (χ0n) is 12.6. The van der Waals surface area contributed by atoms with Gasteiger partial charge in [0.25, 0.3) is 0 Å². The minimum Gasteiger partial charge on any atom is -0.444 e. The van der Waals surface area contributed by atoms with Crippen molar-refractivity contribution >= 4 is 17.1 Å². The maximum atomic E-state index is 13.2. The number of esters is 1. The molecule has 0 saturated carbocycles. The van der Waals surface area contributed by atoms with Gasteiger partial charge in [0, 0.05) is 25.0 Å². The van der Waals surface area contributed by atoms with Crippen LogP contribution in [0.2, 0.25) is 0 Å². The molecule has 0 aliphatic rings. The zero-order valence-corrected chi connectivity index (χ0v) is 12.6. The van der Waals surface area contributed by atoms with Crippen LogP contribution in [0.5, 0.6) is 0 Å². The van der Waals surface area contributed by atoms with E-state index in [4.69, 9.17) is 0 Å². The number of halogens is 3. The molecule has 24 heavy (non-hydrogen) atoms. The Morgan fingerprint density at radius 2 is 2.12 bits per heavy atom. The molecule has 0 amide bonds. The van der Waals surface area contributed by atoms with E-state index in [0.29, 0.717) is 17.0 Å². The molecule has 3 aromatic rings. The Kier molecular flexibility index (Phi) is 3.74. The van der Waals surface area contributed by atoms with Gasteiger partial charge >= 0.3 is 12.1 Å². The van der Waals surface area contributed by atoms with Gasteiger partial charge in [-0.05, 0) is 13.0 Å². The number of fused-ring (bicyclic) bond motifs is 1. The van der Waals surface area contributed by atoms with Crippen LogP contribution in [0.25, 0.3) is 11.2 Å². The third kappa shape index (κ3) is 3.07. The molecule has 3 rings (SSSR count). The molecule has 3 aromatic heterocycles. The highest BCUT2D eigenvalue weighted by Gasteiger charge is 2.45. The van der Waals surface area contributed by atoms with Crippen LogP contribution >= 0.6 is 0 Å². The highest BCUT2D eigenvalue weighted by Crippen LogP contribution is 2.36. The summed E-state index contributed by atoms with van der Waals surface area (Å²) >= 11 is 0. The molecule has 0 radical (unpaired) electrons. The van der Waals surface area contributed by atoms with E-state index in [1.165, 1.54) is 17.8 Å². The average molecular weight is 339 g/mol. The second-order valence-electron chi connectivity index (χ2n) is 5.19. The second kappa shape index (κ2) is 5.62. The van der Waals surface area contributed by atoms with Crippen molar-refractivity contribution in [1.29, 1.82) is 0 Å². The minimum atomic E-state index is -4.76. The van der Waals surface area contributed by atoms with Gasteiger partial charge in [-0.25, -0.2) is 14.8 Å². The number of ether oxygens (including phenoxy) is 1. The van der Waals surface area contributed by atoms with E-state index in [1.807, 2.05) is 0 Å². The Bertz CT molecular complexity index is 899. The van der Waals surface area contributed by atoms with E-state index >= 15 is 0 Å². The number of hydrogen-bond acceptors (Lipinski definition) is 5. The Balaban J connectivity index is 1.89. The first-order chi connectivity index (χ1) is 11.2. The first-order valence-corrected chi connectivity index (χ1v) is 6.82. The van der Waals surface area contributed by atoms with Crippen molar-refractivity contribution in [2.45, 2.75) is 19.2 Å². The molecule has 10 heteroatoms. The van der Waals surface area contributed by atoms with Gasteiger partial charge in [-0.15, -0.1) is 0 Å². The molecule has 0 spiro atoms. The summed E-state index contributed by atoms with van der Waals surface area (Å²) in [4.78, 5) is 22.9. The normalized spacial score (nSPS) is 13.2. The molecule has 0 fully saturated rings. The Morgan fingerprint density at radius 1 is 1.38 bits per heavy atom. The average Bonchev–Trinajstić information content (AvgIpc) is 3.06. The maximum absolute atomic E-state index is 13.2. The Hall–Kier alpha value is -2.91. The number of carbonyl (C=O) groups excluding carboxylic acids is 1. The zero-order chi connectivity index (χ0) is 17.5. The number of H-pyrrole nitrogens is 1. The number of pyridine rings is 1. The third-order valence-electron chi connectivity index (χ3n) is 3.24. The monoisotopic (exact) mass is 339 g/mol. The first kappa shape index (κ1) is 16.0. The third-order valence-corrected chi connectivity index (χ3v) is 3.24. The Labute approximate surface area is 133 Å². The van der Waals surface area contributed by atoms with Crippen LogP contribution in [0.4, 0.5) is 13.2 Å². The molecule has 1 N–H and O–H groups in total. The molecule has 7 nitrogen and oxygen atoms in total. The number of aryl methyl sites for hydroxylation is 2. The molecule has 0 aromatic carbocycles. The minimum absolute atomic E-state index is 0.107. The molecule has 0 aliphatic heterocycles. The Morgan fingerprint density at radius 3 is 2.75 bits per heavy atom. The van der Waals surface area contributed by atoms with Crippen molar-refractivity contribution in [3.8, 4) is 0 Å². The van der Waals surface area contributed by atoms with Crippen molar-refractivity contribution in [1.82, 2.24) is 24.7 Å². The lowest BCUT2D eigenvalue weighted by atomic mass is 10.2. The summed E-state index contributed by atoms with van der Waals surface area (Å²) in [6.07, 6.45) is -3.89. The van der Waals surface area contributed by atoms with Crippen LogP contribution in [-0.4, -0.2) is 36.9 Å². The van der Waals surface area contributed by atoms with Crippen molar-refractivity contribution in [2.75, 3.05) is 0 Å². The topological polar surface area (TPSA) is 85.7 Å². The van der Waals surface area contributed by atoms with E-state index in [1.54, 1.807) is 6.92 Å². The number of imidazole rings is 1. The predicted octanol–water partition coefficient (Wildman–Crippen LogP) is 2.46. The van der Waals surface area contributed by atoms with E-state index in [9.17, 15) is 18.0 Å². The van der Waals surface area contributed by atoms with E-state index < -0.39 is 18.2 Å². The predicted molar refractivity (Wildman–Crippen MR) is 76.0 cm³/mol. The number of aromatic nitrogens is 5. The maximum Gasteiger partial charge on any atom is 0.429 e. The van der Waals surface area contributed by atoms with Gasteiger partial charge in [0.05, 0.1) is 17.3 Å². The molecule has 0 saturated heterocycles. The lowest BCUT2D eigenvalue weighted by Crippen LogP contribution is -2.26. The summed E-state index contributed by atoms with van der Waals surface area (Å²) < 4.78 is 45.5. The number of hydrogen-bond donors (Lipinski definition) is 1. The van der Waals surface area contributed by atoms with E-state index in [-0.39, 0.29) is 11.1 Å². The van der Waals surface area contributed by atoms with Gasteiger partial charge in [-0.3, -0.25) is 4.68 Å². The molecular formula is C14H12F3N5O2. The number of nitrogens with zero attached hydrogens (tertiary/aromatic N) is 4. The smallest absolute Gasteiger partial charge is 0.429 e. The van der Waals surface area contributed by atoms with Crippen molar-refractivity contribution < 1.29 is 22.7 Å². The molecule has 126 valence electrons. The highest BCUT2D eigenvalue weighted by molar-refractivity contribution is 5.92. The van der Waals surface area contributed by atoms with Crippen molar-refractivity contribution in [2.24, 2.45) is 7.05 Å². The number of carbonyl (C=O) groups is 1. The summed E-state index contributed by atoms with van der Waals surface area (Å²) in [5.41, 5.74) is 0.435. The van der Waals surface area contributed by atoms with Gasteiger partial charge in [-0.2, -0.15) is 18.3 Å². The molecule has 3 heterocycles. The van der Waals surface area contributed by atoms with Gasteiger partial charge in [0.1, 0.15) is 5.82 Å². The molecule has 0 aliphatic carbocycles. The number of nitrogens with one attached hydrogen (secondary N) is 1. The summed E-state index contributed by atoms with van der Waals surface area (Å²) in [5, 5.41) is 3.67. The van der Waals surface area contributed by atoms with Crippen LogP contribution in [-0.2, 0) is 11.8 Å². The molecule has 0 bridgehead atoms. The fraction of sp³-hybridized carbons (Fsp3) is 0.286. The molecule has 1 unspecified atom stereocenters. The summed E-state index contributed by atoms with van der Waals surface area (Å²) in [6.45, 7) is 1.70. The summed E-state index contributed by atoms with van der Waals surface area (Å²) in [7, 11) is 1.47. The number of aromatic amines is 1. The first-order valence-electron chi connectivity index (χ1n) is 6.82. The number of alkyl halides is 3. The van der Waals surface area contributed by atoms with Crippen molar-refractivity contribution in [3.05, 3.63) is 41.6 Å². The highest BCUT2D eigenvalue weighted by atomic mass is 19.4. The summed E-state index contributed by atoms with van der Waals surface area (Å²) in [6, 6.07) is 1.35. The lowest BCUT2D eigenvalue weighted by molar-refractivity contribution is -0.207. The number of rotatable bonds is 3. The van der Waals surface area contributed by atoms with Gasteiger partial charge in [0.15, 0.2) is 5.65 Å². The van der Waals surface area contributed by atoms with Gasteiger partial charge in [-0.1, -0.05) is 0 Å². The van der Waals surface area contributed by atoms with Crippen molar-refractivity contribution in [3.63, 3.8) is 0 Å². The van der Waals surface area contributed by atoms with Gasteiger partial charge < -0.3 is 9.72 Å². The quantitative estimate of drug-likeness (QED) is 0.741. The lowest BCUT2D eigenvalue weighted by Gasteiger charge is -2.19. The van der Waals surface area contributed by atoms with E-state index in [2.05, 4.69) is 24.8 Å². The fourth-order valence-electron chi connectivity index (χ4n) is 2.21. The van der Waals surface area contributed by atoms with E-state index in [0.717, 1.165) is 18.6 Å². The largest absolute Gasteiger partial charge is 0.444 e. The molecule has 1 atom stereocenters. The van der Waals surface area contributed by atoms with Crippen LogP contribution in [0.15, 0.2) is 24.7 Å². The van der Waals surface area contributed by atoms with Crippen LogP contribution < -0.4 is 0 Å². The van der Waals surface area contributed by atoms with Crippen LogP contribution in [0.3, 0.4) is 0 Å².